The van der Waals surface area contributed by atoms with Gasteiger partial charge in [-0.05, 0) is 97.2 Å². The van der Waals surface area contributed by atoms with E-state index in [0.29, 0.717) is 17.4 Å². The number of aryl methyl sites for hydroxylation is 1. The number of benzene rings is 8. The van der Waals surface area contributed by atoms with Crippen LogP contribution in [0.4, 0.5) is 0 Å². The molecule has 6 nitrogen and oxygen atoms in total. The highest BCUT2D eigenvalue weighted by molar-refractivity contribution is 6.55. The molecule has 6 radical (unpaired) electrons. The molecule has 1 aromatic heterocycles. The van der Waals surface area contributed by atoms with Gasteiger partial charge in [0.1, 0.15) is 40.9 Å². The van der Waals surface area contributed by atoms with Gasteiger partial charge in [-0.3, -0.25) is 4.57 Å². The quantitative estimate of drug-likeness (QED) is 0.146. The molecule has 9 heteroatoms. The maximum Gasteiger partial charge on any atom is 0.211 e. The fourth-order valence-corrected chi connectivity index (χ4v) is 10.5. The molecule has 3 aliphatic rings. The van der Waals surface area contributed by atoms with Crippen molar-refractivity contribution in [1.29, 1.82) is 0 Å². The number of phenols is 2. The molecule has 67 heavy (non-hydrogen) atoms. The van der Waals surface area contributed by atoms with Crippen LogP contribution in [-0.4, -0.2) is 50.1 Å². The Morgan fingerprint density at radius 1 is 0.522 bits per heavy atom. The molecule has 2 heterocycles. The van der Waals surface area contributed by atoms with E-state index in [-0.39, 0.29) is 33.6 Å². The number of nitrogens with zero attached hydrogens (tertiary/aromatic N) is 3. The van der Waals surface area contributed by atoms with E-state index in [9.17, 15) is 10.2 Å². The van der Waals surface area contributed by atoms with E-state index in [1.54, 1.807) is 0 Å². The molecule has 9 aromatic rings. The molecular formula is C58H39B3N4O2. The number of nitrogens with one attached hydrogen (secondary N) is 1. The maximum absolute atomic E-state index is 11.9. The fourth-order valence-electron chi connectivity index (χ4n) is 10.5. The summed E-state index contributed by atoms with van der Waals surface area (Å²) >= 11 is 0. The molecule has 2 atom stereocenters. The lowest BCUT2D eigenvalue weighted by molar-refractivity contribution is 0.463. The highest BCUT2D eigenvalue weighted by atomic mass is 16.3. The van der Waals surface area contributed by atoms with Crippen LogP contribution in [0.25, 0.3) is 55.4 Å². The number of phenolic OH excluding ortho intramolecular Hbond substituents is 2. The normalized spacial score (nSPS) is 16.2. The molecule has 12 rings (SSSR count). The van der Waals surface area contributed by atoms with Crippen molar-refractivity contribution in [2.45, 2.75) is 24.9 Å². The number of aromatic nitrogens is 1. The van der Waals surface area contributed by atoms with Crippen LogP contribution in [0.2, 0.25) is 0 Å². The van der Waals surface area contributed by atoms with Crippen LogP contribution >= 0.6 is 0 Å². The monoisotopic (exact) mass is 856 g/mol. The Balaban J connectivity index is 1.09. The molecular weight excluding hydrogens is 817 g/mol. The molecule has 3 N–H and O–H groups in total. The van der Waals surface area contributed by atoms with Gasteiger partial charge in [0.05, 0.1) is 11.2 Å². The lowest BCUT2D eigenvalue weighted by atomic mass is 9.69. The predicted molar refractivity (Wildman–Crippen MR) is 276 cm³/mol. The van der Waals surface area contributed by atoms with Gasteiger partial charge in [0.2, 0.25) is 5.96 Å². The summed E-state index contributed by atoms with van der Waals surface area (Å²) in [5.74, 6) is 0.268. The van der Waals surface area contributed by atoms with Crippen LogP contribution in [-0.2, 0) is 6.42 Å². The summed E-state index contributed by atoms with van der Waals surface area (Å²) < 4.78 is 2.31. The molecule has 2 aliphatic carbocycles. The first-order chi connectivity index (χ1) is 32.8. The van der Waals surface area contributed by atoms with Crippen LogP contribution in [0, 0.1) is 0 Å². The molecule has 0 bridgehead atoms. The van der Waals surface area contributed by atoms with Crippen LogP contribution in [0.5, 0.6) is 11.5 Å². The number of fused-ring (bicyclic) bond motifs is 6. The summed E-state index contributed by atoms with van der Waals surface area (Å²) in [5.41, 5.74) is 15.6. The van der Waals surface area contributed by atoms with Gasteiger partial charge in [0, 0.05) is 22.4 Å². The van der Waals surface area contributed by atoms with E-state index in [2.05, 4.69) is 149 Å². The van der Waals surface area contributed by atoms with Crippen molar-refractivity contribution < 1.29 is 10.2 Å². The number of hydrogen-bond acceptors (Lipinski definition) is 5. The number of amidine groups is 1. The van der Waals surface area contributed by atoms with Gasteiger partial charge in [-0.2, -0.15) is 0 Å². The van der Waals surface area contributed by atoms with Crippen molar-refractivity contribution in [1.82, 2.24) is 9.88 Å². The second kappa shape index (κ2) is 16.1. The average Bonchev–Trinajstić information content (AvgIpc) is 3.91. The van der Waals surface area contributed by atoms with Gasteiger partial charge >= 0.3 is 0 Å². The summed E-state index contributed by atoms with van der Waals surface area (Å²) in [6.07, 6.45) is 1.11. The number of rotatable bonds is 6. The minimum atomic E-state index is -0.528. The number of para-hydroxylation sites is 1. The zero-order valence-corrected chi connectivity index (χ0v) is 36.4. The van der Waals surface area contributed by atoms with E-state index in [0.717, 1.165) is 79.5 Å². The standard InChI is InChI=1S/C58H39B3N4O2/c59-50-49(54(66)52(61)55(67)51(50)60)45-32-38(34-16-6-2-7-17-34)28-29-43(45)47-41-22-11-10-20-39(41)42-30-31-44-40-21-12-13-23-46(40)65(53(44)48(42)47)58-63-56(36-18-8-3-9-19-36)62-57(64-58)37-26-24-35(25-27-37)33-14-4-1-5-15-33/h1-29,32,47,56,66-67H,30-31H2,(H,62,63,64). The van der Waals surface area contributed by atoms with E-state index in [1.807, 2.05) is 42.5 Å². The van der Waals surface area contributed by atoms with Crippen LogP contribution in [0.1, 0.15) is 57.6 Å². The Kier molecular flexibility index (Phi) is 9.75. The van der Waals surface area contributed by atoms with Gasteiger partial charge in [-0.25, -0.2) is 9.98 Å². The Bertz CT molecular complexity index is 3520. The van der Waals surface area contributed by atoms with Crippen molar-refractivity contribution in [3.05, 3.63) is 221 Å². The van der Waals surface area contributed by atoms with Crippen molar-refractivity contribution in [2.24, 2.45) is 9.98 Å². The molecule has 1 aliphatic heterocycles. The molecule has 0 spiro atoms. The smallest absolute Gasteiger partial charge is 0.211 e. The predicted octanol–water partition coefficient (Wildman–Crippen LogP) is 9.39. The fraction of sp³-hybridized carbons (Fsp3) is 0.0690. The van der Waals surface area contributed by atoms with Crippen LogP contribution < -0.4 is 21.7 Å². The van der Waals surface area contributed by atoms with Crippen LogP contribution in [0.3, 0.4) is 0 Å². The number of aliphatic imine (C=N–C) groups is 2. The maximum atomic E-state index is 11.9. The van der Waals surface area contributed by atoms with Gasteiger partial charge in [-0.1, -0.05) is 181 Å². The zero-order chi connectivity index (χ0) is 45.3. The third-order valence-electron chi connectivity index (χ3n) is 13.7. The Hall–Kier alpha value is -8.03. The minimum absolute atomic E-state index is 0.0472. The van der Waals surface area contributed by atoms with Crippen molar-refractivity contribution in [2.75, 3.05) is 0 Å². The third-order valence-corrected chi connectivity index (χ3v) is 13.7. The first-order valence-electron chi connectivity index (χ1n) is 22.5. The van der Waals surface area contributed by atoms with Crippen LogP contribution in [0.15, 0.2) is 192 Å². The molecule has 0 fully saturated rings. The highest BCUT2D eigenvalue weighted by Crippen LogP contribution is 2.57. The largest absolute Gasteiger partial charge is 0.509 e. The molecule has 0 saturated carbocycles. The minimum Gasteiger partial charge on any atom is -0.509 e. The van der Waals surface area contributed by atoms with E-state index in [4.69, 9.17) is 33.5 Å². The topological polar surface area (TPSA) is 82.1 Å². The summed E-state index contributed by atoms with van der Waals surface area (Å²) in [6.45, 7) is 0. The summed E-state index contributed by atoms with van der Waals surface area (Å²) in [7, 11) is 19.7. The van der Waals surface area contributed by atoms with Gasteiger partial charge < -0.3 is 15.5 Å². The lowest BCUT2D eigenvalue weighted by Crippen LogP contribution is -2.40. The Labute approximate surface area is 393 Å². The second-order valence-corrected chi connectivity index (χ2v) is 17.4. The van der Waals surface area contributed by atoms with Crippen molar-refractivity contribution in [3.8, 4) is 44.9 Å². The van der Waals surface area contributed by atoms with Crippen molar-refractivity contribution >= 4 is 73.8 Å². The van der Waals surface area contributed by atoms with Crippen molar-refractivity contribution in [3.63, 3.8) is 0 Å². The van der Waals surface area contributed by atoms with E-state index in [1.165, 1.54) is 16.7 Å². The van der Waals surface area contributed by atoms with Gasteiger partial charge in [-0.15, -0.1) is 0 Å². The molecule has 312 valence electrons. The molecule has 0 amide bonds. The summed E-state index contributed by atoms with van der Waals surface area (Å²) in [4.78, 5) is 10.7. The Morgan fingerprint density at radius 3 is 1.87 bits per heavy atom. The zero-order valence-electron chi connectivity index (χ0n) is 36.4. The van der Waals surface area contributed by atoms with Gasteiger partial charge in [0.25, 0.3) is 0 Å². The number of allylic oxidation sites excluding steroid dienone is 2. The van der Waals surface area contributed by atoms with E-state index >= 15 is 0 Å². The van der Waals surface area contributed by atoms with E-state index < -0.39 is 11.9 Å². The molecule has 2 unspecified atom stereocenters. The third kappa shape index (κ3) is 6.59. The first-order valence-corrected chi connectivity index (χ1v) is 22.5. The Morgan fingerprint density at radius 2 is 1.12 bits per heavy atom. The summed E-state index contributed by atoms with van der Waals surface area (Å²) in [6, 6.07) is 62.7. The second-order valence-electron chi connectivity index (χ2n) is 17.4. The number of aromatic hydroxyl groups is 2. The lowest BCUT2D eigenvalue weighted by Gasteiger charge is -2.29. The average molecular weight is 856 g/mol. The molecule has 8 aromatic carbocycles. The highest BCUT2D eigenvalue weighted by Gasteiger charge is 2.41. The van der Waals surface area contributed by atoms with Gasteiger partial charge in [0.15, 0.2) is 6.17 Å². The summed E-state index contributed by atoms with van der Waals surface area (Å²) in [5, 5.41) is 27.7. The molecule has 0 saturated heterocycles. The number of hydrogen-bond donors (Lipinski definition) is 3. The SMILES string of the molecule is [B]c1c([B])c(-c2cc(-c3ccccc3)ccc2C2C3=C(CCc4c3n(C3=NC(c5ccccc5)N=C(c5ccc(-c6ccccc6)cc5)N3)c3ccccc43)c3ccccc32)c(O)c([B])c1O. The first kappa shape index (κ1) is 40.5.